The topological polar surface area (TPSA) is 73.5 Å². The molecule has 1 aromatic carbocycles. The van der Waals surface area contributed by atoms with Crippen LogP contribution in [0.3, 0.4) is 0 Å². The van der Waals surface area contributed by atoms with Gasteiger partial charge in [-0.1, -0.05) is 11.8 Å². The SMILES string of the molecule is CC(C)(C)C#Cc1cc(C(=N)c2ccncc2)cc(C(=N)c2ccncc2)c1. The van der Waals surface area contributed by atoms with Crippen molar-refractivity contribution in [2.75, 3.05) is 0 Å². The minimum absolute atomic E-state index is 0.132. The van der Waals surface area contributed by atoms with E-state index in [-0.39, 0.29) is 5.41 Å². The van der Waals surface area contributed by atoms with Crippen LogP contribution in [0.1, 0.15) is 48.6 Å². The highest BCUT2D eigenvalue weighted by Crippen LogP contribution is 2.18. The van der Waals surface area contributed by atoms with Crippen molar-refractivity contribution in [1.29, 1.82) is 10.8 Å². The first-order valence-corrected chi connectivity index (χ1v) is 9.00. The van der Waals surface area contributed by atoms with Crippen LogP contribution in [-0.4, -0.2) is 21.4 Å². The Kier molecular flexibility index (Phi) is 5.47. The Balaban J connectivity index is 2.10. The first-order valence-electron chi connectivity index (χ1n) is 9.00. The van der Waals surface area contributed by atoms with Gasteiger partial charge in [-0.15, -0.1) is 0 Å². The summed E-state index contributed by atoms with van der Waals surface area (Å²) in [7, 11) is 0. The minimum Gasteiger partial charge on any atom is -0.300 e. The molecule has 4 heteroatoms. The molecule has 28 heavy (non-hydrogen) atoms. The van der Waals surface area contributed by atoms with E-state index in [0.717, 1.165) is 27.8 Å². The number of nitrogens with one attached hydrogen (secondary N) is 2. The van der Waals surface area contributed by atoms with E-state index in [1.807, 2.05) is 42.5 Å². The van der Waals surface area contributed by atoms with Gasteiger partial charge in [0.05, 0.1) is 11.4 Å². The number of pyridine rings is 2. The molecule has 2 heterocycles. The van der Waals surface area contributed by atoms with Crippen molar-refractivity contribution in [2.45, 2.75) is 20.8 Å². The average Bonchev–Trinajstić information content (AvgIpc) is 2.71. The van der Waals surface area contributed by atoms with Gasteiger partial charge in [-0.3, -0.25) is 20.8 Å². The lowest BCUT2D eigenvalue weighted by molar-refractivity contribution is 0.571. The van der Waals surface area contributed by atoms with Crippen molar-refractivity contribution in [2.24, 2.45) is 5.41 Å². The molecule has 0 radical (unpaired) electrons. The van der Waals surface area contributed by atoms with Gasteiger partial charge < -0.3 is 0 Å². The zero-order chi connectivity index (χ0) is 20.1. The largest absolute Gasteiger partial charge is 0.300 e. The molecule has 0 unspecified atom stereocenters. The standard InChI is InChI=1S/C24H22N4/c1-24(2,3)9-4-17-14-20(22(25)18-5-10-27-11-6-18)16-21(15-17)23(26)19-7-12-28-13-8-19/h5-8,10-16,25-26H,1-3H3. The van der Waals surface area contributed by atoms with E-state index in [4.69, 9.17) is 10.8 Å². The van der Waals surface area contributed by atoms with Gasteiger partial charge in [0.1, 0.15) is 0 Å². The summed E-state index contributed by atoms with van der Waals surface area (Å²) < 4.78 is 0. The molecule has 0 saturated carbocycles. The number of hydrogen-bond acceptors (Lipinski definition) is 4. The average molecular weight is 366 g/mol. The molecule has 2 N–H and O–H groups in total. The number of aromatic nitrogens is 2. The fraction of sp³-hybridized carbons (Fsp3) is 0.167. The molecule has 4 nitrogen and oxygen atoms in total. The van der Waals surface area contributed by atoms with Crippen LogP contribution in [0, 0.1) is 28.1 Å². The van der Waals surface area contributed by atoms with Gasteiger partial charge in [0.2, 0.25) is 0 Å². The first-order chi connectivity index (χ1) is 13.3. The lowest BCUT2D eigenvalue weighted by Crippen LogP contribution is -2.07. The number of benzene rings is 1. The molecule has 3 rings (SSSR count). The maximum absolute atomic E-state index is 8.61. The van der Waals surface area contributed by atoms with E-state index in [0.29, 0.717) is 11.4 Å². The Hall–Kier alpha value is -3.58. The van der Waals surface area contributed by atoms with Gasteiger partial charge in [-0.05, 0) is 63.2 Å². The minimum atomic E-state index is -0.132. The highest BCUT2D eigenvalue weighted by molar-refractivity contribution is 6.15. The summed E-state index contributed by atoms with van der Waals surface area (Å²) >= 11 is 0. The van der Waals surface area contributed by atoms with Gasteiger partial charge in [-0.25, -0.2) is 0 Å². The van der Waals surface area contributed by atoms with E-state index < -0.39 is 0 Å². The molecule has 0 amide bonds. The molecule has 0 aliphatic carbocycles. The summed E-state index contributed by atoms with van der Waals surface area (Å²) in [6, 6.07) is 12.9. The second-order valence-electron chi connectivity index (χ2n) is 7.52. The Morgan fingerprint density at radius 3 is 1.54 bits per heavy atom. The third-order valence-electron chi connectivity index (χ3n) is 4.03. The van der Waals surface area contributed by atoms with Crippen LogP contribution in [0.15, 0.2) is 67.3 Å². The number of hydrogen-bond donors (Lipinski definition) is 2. The lowest BCUT2D eigenvalue weighted by Gasteiger charge is -2.11. The summed E-state index contributed by atoms with van der Waals surface area (Å²) in [5.41, 5.74) is 4.42. The maximum atomic E-state index is 8.61. The zero-order valence-electron chi connectivity index (χ0n) is 16.2. The maximum Gasteiger partial charge on any atom is 0.0686 e. The van der Waals surface area contributed by atoms with Gasteiger partial charge in [0.15, 0.2) is 0 Å². The summed E-state index contributed by atoms with van der Waals surface area (Å²) in [6.45, 7) is 6.17. The first kappa shape index (κ1) is 19.2. The Morgan fingerprint density at radius 1 is 0.714 bits per heavy atom. The quantitative estimate of drug-likeness (QED) is 0.518. The molecule has 0 aliphatic rings. The smallest absolute Gasteiger partial charge is 0.0686 e. The predicted molar refractivity (Wildman–Crippen MR) is 113 cm³/mol. The number of nitrogens with zero attached hydrogens (tertiary/aromatic N) is 2. The summed E-state index contributed by atoms with van der Waals surface area (Å²) in [4.78, 5) is 8.04. The van der Waals surface area contributed by atoms with Crippen LogP contribution < -0.4 is 0 Å². The fourth-order valence-corrected chi connectivity index (χ4v) is 2.62. The third kappa shape index (κ3) is 4.77. The van der Waals surface area contributed by atoms with Crippen LogP contribution >= 0.6 is 0 Å². The van der Waals surface area contributed by atoms with E-state index >= 15 is 0 Å². The molecule has 3 aromatic rings. The van der Waals surface area contributed by atoms with Gasteiger partial charge >= 0.3 is 0 Å². The molecule has 0 saturated heterocycles. The third-order valence-corrected chi connectivity index (χ3v) is 4.03. The fourth-order valence-electron chi connectivity index (χ4n) is 2.62. The highest BCUT2D eigenvalue weighted by Gasteiger charge is 2.12. The van der Waals surface area contributed by atoms with Crippen LogP contribution in [0.4, 0.5) is 0 Å². The Morgan fingerprint density at radius 2 is 1.14 bits per heavy atom. The van der Waals surface area contributed by atoms with Crippen molar-refractivity contribution >= 4 is 11.4 Å². The predicted octanol–water partition coefficient (Wildman–Crippen LogP) is 4.71. The summed E-state index contributed by atoms with van der Waals surface area (Å²) in [5, 5.41) is 17.2. The van der Waals surface area contributed by atoms with E-state index in [1.54, 1.807) is 24.8 Å². The van der Waals surface area contributed by atoms with E-state index in [9.17, 15) is 0 Å². The second kappa shape index (κ2) is 7.98. The van der Waals surface area contributed by atoms with Gasteiger partial charge in [0.25, 0.3) is 0 Å². The molecular weight excluding hydrogens is 344 g/mol. The van der Waals surface area contributed by atoms with E-state index in [2.05, 4.69) is 42.6 Å². The highest BCUT2D eigenvalue weighted by atomic mass is 14.6. The molecule has 0 spiro atoms. The lowest BCUT2D eigenvalue weighted by atomic mass is 9.93. The second-order valence-corrected chi connectivity index (χ2v) is 7.52. The van der Waals surface area contributed by atoms with Crippen LogP contribution in [0.2, 0.25) is 0 Å². The molecule has 2 aromatic heterocycles. The molecule has 0 fully saturated rings. The van der Waals surface area contributed by atoms with Crippen molar-refractivity contribution in [3.8, 4) is 11.8 Å². The monoisotopic (exact) mass is 366 g/mol. The molecule has 0 bridgehead atoms. The van der Waals surface area contributed by atoms with Crippen molar-refractivity contribution in [3.05, 3.63) is 95.1 Å². The van der Waals surface area contributed by atoms with Gasteiger partial charge in [0, 0.05) is 58.0 Å². The van der Waals surface area contributed by atoms with Crippen LogP contribution in [-0.2, 0) is 0 Å². The molecular formula is C24H22N4. The van der Waals surface area contributed by atoms with Crippen LogP contribution in [0.25, 0.3) is 0 Å². The van der Waals surface area contributed by atoms with Crippen LogP contribution in [0.5, 0.6) is 0 Å². The van der Waals surface area contributed by atoms with Crippen molar-refractivity contribution in [3.63, 3.8) is 0 Å². The van der Waals surface area contributed by atoms with Gasteiger partial charge in [-0.2, -0.15) is 0 Å². The normalized spacial score (nSPS) is 10.7. The Bertz CT molecular complexity index is 997. The van der Waals surface area contributed by atoms with E-state index in [1.165, 1.54) is 0 Å². The zero-order valence-corrected chi connectivity index (χ0v) is 16.2. The summed E-state index contributed by atoms with van der Waals surface area (Å²) in [5.74, 6) is 6.45. The molecule has 0 aliphatic heterocycles. The molecule has 138 valence electrons. The summed E-state index contributed by atoms with van der Waals surface area (Å²) in [6.07, 6.45) is 6.69. The van der Waals surface area contributed by atoms with Crippen molar-refractivity contribution in [1.82, 2.24) is 9.97 Å². The Labute approximate surface area is 165 Å². The molecule has 0 atom stereocenters. The number of rotatable bonds is 4. The van der Waals surface area contributed by atoms with Crippen molar-refractivity contribution < 1.29 is 0 Å².